The number of hydrogen-bond donors (Lipinski definition) is 2. The predicted molar refractivity (Wildman–Crippen MR) is 117 cm³/mol. The summed E-state index contributed by atoms with van der Waals surface area (Å²) in [4.78, 5) is 0. The summed E-state index contributed by atoms with van der Waals surface area (Å²) in [6.45, 7) is 8.26. The number of anilines is 2. The summed E-state index contributed by atoms with van der Waals surface area (Å²) in [6, 6.07) is 2.08. The number of halogens is 3. The van der Waals surface area contributed by atoms with Crippen LogP contribution in [0.3, 0.4) is 0 Å². The SMILES string of the molecule is CCc1cc(Cc2c(Cl)c(CC)c(N)c(CC)c2Cl)c(Cl)c(CC)c1N. The lowest BCUT2D eigenvalue weighted by Gasteiger charge is -2.20. The second kappa shape index (κ2) is 8.73. The van der Waals surface area contributed by atoms with Crippen LogP contribution in [0, 0.1) is 0 Å². The molecule has 0 spiro atoms. The van der Waals surface area contributed by atoms with Gasteiger partial charge in [0.15, 0.2) is 0 Å². The first-order chi connectivity index (χ1) is 12.3. The molecule has 0 saturated heterocycles. The van der Waals surface area contributed by atoms with Gasteiger partial charge in [0.25, 0.3) is 0 Å². The number of benzene rings is 2. The van der Waals surface area contributed by atoms with Crippen molar-refractivity contribution in [3.05, 3.63) is 54.5 Å². The van der Waals surface area contributed by atoms with E-state index in [2.05, 4.69) is 33.8 Å². The van der Waals surface area contributed by atoms with Gasteiger partial charge in [-0.1, -0.05) is 68.6 Å². The number of nitrogen functional groups attached to an aromatic ring is 2. The van der Waals surface area contributed by atoms with Crippen LogP contribution in [-0.2, 0) is 32.1 Å². The minimum Gasteiger partial charge on any atom is -0.398 e. The maximum absolute atomic E-state index is 6.70. The van der Waals surface area contributed by atoms with Crippen LogP contribution in [0.4, 0.5) is 11.4 Å². The summed E-state index contributed by atoms with van der Waals surface area (Å²) in [6.07, 6.45) is 3.73. The molecule has 0 saturated carbocycles. The van der Waals surface area contributed by atoms with E-state index in [4.69, 9.17) is 46.3 Å². The van der Waals surface area contributed by atoms with Crippen LogP contribution in [0.25, 0.3) is 0 Å². The van der Waals surface area contributed by atoms with E-state index in [1.54, 1.807) is 0 Å². The minimum atomic E-state index is 0.567. The van der Waals surface area contributed by atoms with E-state index in [-0.39, 0.29) is 0 Å². The minimum absolute atomic E-state index is 0.567. The van der Waals surface area contributed by atoms with Gasteiger partial charge >= 0.3 is 0 Å². The van der Waals surface area contributed by atoms with Gasteiger partial charge in [0.2, 0.25) is 0 Å². The normalized spacial score (nSPS) is 11.2. The molecule has 0 amide bonds. The molecule has 0 atom stereocenters. The number of rotatable bonds is 6. The molecule has 2 nitrogen and oxygen atoms in total. The summed E-state index contributed by atoms with van der Waals surface area (Å²) >= 11 is 20.1. The monoisotopic (exact) mass is 412 g/mol. The zero-order chi connectivity index (χ0) is 19.6. The molecule has 0 bridgehead atoms. The zero-order valence-corrected chi connectivity index (χ0v) is 18.2. The van der Waals surface area contributed by atoms with Gasteiger partial charge in [-0.15, -0.1) is 0 Å². The topological polar surface area (TPSA) is 52.0 Å². The Balaban J connectivity index is 2.70. The van der Waals surface area contributed by atoms with Crippen LogP contribution in [0.15, 0.2) is 6.07 Å². The number of aryl methyl sites for hydroxylation is 1. The molecule has 0 radical (unpaired) electrons. The maximum atomic E-state index is 6.70. The Kier molecular flexibility index (Phi) is 7.12. The molecule has 0 heterocycles. The van der Waals surface area contributed by atoms with Gasteiger partial charge in [0, 0.05) is 22.8 Å². The summed E-state index contributed by atoms with van der Waals surface area (Å²) in [5.41, 5.74) is 20.0. The Morgan fingerprint density at radius 2 is 1.08 bits per heavy atom. The van der Waals surface area contributed by atoms with Crippen molar-refractivity contribution in [1.82, 2.24) is 0 Å². The van der Waals surface area contributed by atoms with Crippen LogP contribution in [-0.4, -0.2) is 0 Å². The highest BCUT2D eigenvalue weighted by atomic mass is 35.5. The molecule has 0 aromatic heterocycles. The van der Waals surface area contributed by atoms with Gasteiger partial charge in [-0.25, -0.2) is 0 Å². The standard InChI is InChI=1S/C21H27Cl3N2/c1-5-11-9-12(17(22)13(6-2)20(11)25)10-16-18(23)14(7-3)21(26)15(8-4)19(16)24/h9H,5-8,10,25-26H2,1-4H3. The summed E-state index contributed by atoms with van der Waals surface area (Å²) in [7, 11) is 0. The number of hydrogen-bond acceptors (Lipinski definition) is 2. The predicted octanol–water partition coefficient (Wildman–Crippen LogP) is 6.65. The van der Waals surface area contributed by atoms with Gasteiger partial charge in [-0.05, 0) is 59.1 Å². The fourth-order valence-corrected chi connectivity index (χ4v) is 4.74. The Labute approximate surface area is 171 Å². The zero-order valence-electron chi connectivity index (χ0n) is 15.9. The second-order valence-electron chi connectivity index (χ2n) is 6.47. The third kappa shape index (κ3) is 3.65. The van der Waals surface area contributed by atoms with Gasteiger partial charge in [0.1, 0.15) is 0 Å². The van der Waals surface area contributed by atoms with E-state index in [9.17, 15) is 0 Å². The van der Waals surface area contributed by atoms with Crippen molar-refractivity contribution in [3.8, 4) is 0 Å². The third-order valence-electron chi connectivity index (χ3n) is 5.09. The maximum Gasteiger partial charge on any atom is 0.0508 e. The highest BCUT2D eigenvalue weighted by Crippen LogP contribution is 2.41. The molecule has 0 unspecified atom stereocenters. The fourth-order valence-electron chi connectivity index (χ4n) is 3.54. The van der Waals surface area contributed by atoms with Gasteiger partial charge in [-0.2, -0.15) is 0 Å². The van der Waals surface area contributed by atoms with Crippen molar-refractivity contribution >= 4 is 46.2 Å². The van der Waals surface area contributed by atoms with E-state index >= 15 is 0 Å². The van der Waals surface area contributed by atoms with E-state index < -0.39 is 0 Å². The molecule has 26 heavy (non-hydrogen) atoms. The van der Waals surface area contributed by atoms with Crippen molar-refractivity contribution in [1.29, 1.82) is 0 Å². The first-order valence-electron chi connectivity index (χ1n) is 9.17. The average Bonchev–Trinajstić information content (AvgIpc) is 2.61. The molecule has 0 aliphatic carbocycles. The molecular formula is C21H27Cl3N2. The molecular weight excluding hydrogens is 387 g/mol. The van der Waals surface area contributed by atoms with Crippen LogP contribution >= 0.6 is 34.8 Å². The van der Waals surface area contributed by atoms with Gasteiger partial charge < -0.3 is 11.5 Å². The van der Waals surface area contributed by atoms with Crippen LogP contribution in [0.1, 0.15) is 61.1 Å². The molecule has 142 valence electrons. The molecule has 0 fully saturated rings. The Morgan fingerprint density at radius 1 is 0.615 bits per heavy atom. The Hall–Kier alpha value is -1.09. The number of nitrogens with two attached hydrogens (primary N) is 2. The van der Waals surface area contributed by atoms with Crippen molar-refractivity contribution < 1.29 is 0 Å². The fraction of sp³-hybridized carbons (Fsp3) is 0.429. The molecule has 2 aromatic rings. The van der Waals surface area contributed by atoms with Crippen molar-refractivity contribution in [2.24, 2.45) is 0 Å². The Morgan fingerprint density at radius 3 is 1.50 bits per heavy atom. The highest BCUT2D eigenvalue weighted by Gasteiger charge is 2.21. The quantitative estimate of drug-likeness (QED) is 0.521. The first-order valence-corrected chi connectivity index (χ1v) is 10.3. The molecule has 0 aliphatic heterocycles. The van der Waals surface area contributed by atoms with E-state index in [1.165, 1.54) is 0 Å². The lowest BCUT2D eigenvalue weighted by Crippen LogP contribution is -2.07. The molecule has 0 aliphatic rings. The van der Waals surface area contributed by atoms with E-state index in [0.29, 0.717) is 27.2 Å². The second-order valence-corrected chi connectivity index (χ2v) is 7.60. The Bertz CT molecular complexity index is 798. The lowest BCUT2D eigenvalue weighted by molar-refractivity contribution is 1.04. The van der Waals surface area contributed by atoms with Gasteiger partial charge in [0.05, 0.1) is 10.0 Å². The first kappa shape index (κ1) is 21.2. The van der Waals surface area contributed by atoms with Crippen molar-refractivity contribution in [2.45, 2.75) is 59.8 Å². The molecule has 4 N–H and O–H groups in total. The van der Waals surface area contributed by atoms with Gasteiger partial charge in [-0.3, -0.25) is 0 Å². The molecule has 5 heteroatoms. The smallest absolute Gasteiger partial charge is 0.0508 e. The lowest BCUT2D eigenvalue weighted by atomic mass is 9.92. The van der Waals surface area contributed by atoms with E-state index in [1.807, 2.05) is 0 Å². The van der Waals surface area contributed by atoms with Crippen LogP contribution in [0.5, 0.6) is 0 Å². The largest absolute Gasteiger partial charge is 0.398 e. The molecule has 2 aromatic carbocycles. The summed E-state index contributed by atoms with van der Waals surface area (Å²) in [5, 5.41) is 2.01. The van der Waals surface area contributed by atoms with Crippen molar-refractivity contribution in [2.75, 3.05) is 11.5 Å². The molecule has 2 rings (SSSR count). The summed E-state index contributed by atoms with van der Waals surface area (Å²) in [5.74, 6) is 0. The van der Waals surface area contributed by atoms with Crippen LogP contribution < -0.4 is 11.5 Å². The van der Waals surface area contributed by atoms with Crippen molar-refractivity contribution in [3.63, 3.8) is 0 Å². The average molecular weight is 414 g/mol. The van der Waals surface area contributed by atoms with E-state index in [0.717, 1.165) is 64.8 Å². The van der Waals surface area contributed by atoms with Crippen LogP contribution in [0.2, 0.25) is 15.1 Å². The summed E-state index contributed by atoms with van der Waals surface area (Å²) < 4.78 is 0. The third-order valence-corrected chi connectivity index (χ3v) is 6.47. The highest BCUT2D eigenvalue weighted by molar-refractivity contribution is 6.38.